The van der Waals surface area contributed by atoms with Gasteiger partial charge in [-0.25, -0.2) is 0 Å². The van der Waals surface area contributed by atoms with E-state index >= 15 is 0 Å². The molecule has 1 atom stereocenters. The van der Waals surface area contributed by atoms with Crippen molar-refractivity contribution in [2.45, 2.75) is 137 Å². The molecule has 0 aliphatic carbocycles. The van der Waals surface area contributed by atoms with E-state index in [2.05, 4.69) is 91.1 Å². The lowest BCUT2D eigenvalue weighted by Crippen LogP contribution is -2.43. The van der Waals surface area contributed by atoms with Crippen molar-refractivity contribution in [2.24, 2.45) is 10.8 Å². The summed E-state index contributed by atoms with van der Waals surface area (Å²) in [6.45, 7) is 22.4. The lowest BCUT2D eigenvalue weighted by Gasteiger charge is -2.36. The molecule has 0 bridgehead atoms. The molecule has 1 aromatic carbocycles. The van der Waals surface area contributed by atoms with Gasteiger partial charge < -0.3 is 18.6 Å². The summed E-state index contributed by atoms with van der Waals surface area (Å²) >= 11 is 0. The average molecular weight is 658 g/mol. The van der Waals surface area contributed by atoms with Gasteiger partial charge in [0, 0.05) is 29.4 Å². The van der Waals surface area contributed by atoms with Crippen molar-refractivity contribution < 1.29 is 33.0 Å². The summed E-state index contributed by atoms with van der Waals surface area (Å²) in [4.78, 5) is 34.6. The van der Waals surface area contributed by atoms with Gasteiger partial charge in [-0.05, 0) is 48.7 Å². The maximum absolute atomic E-state index is 11.9. The summed E-state index contributed by atoms with van der Waals surface area (Å²) in [5.74, 6) is 0.563. The molecule has 0 saturated carbocycles. The molecule has 2 aliphatic rings. The zero-order chi connectivity index (χ0) is 34.2. The third-order valence-corrected chi connectivity index (χ3v) is 13.9. The Morgan fingerprint density at radius 1 is 0.978 bits per heavy atom. The SMILES string of the molecule is CC(C)(COCCCCCCCCCCC(=O)OC1CC(=O)NC1=O)C1=C(c2cccc(O[Si](C)(C)C(C)(C)C)c2)OCC1(C)C. The van der Waals surface area contributed by atoms with E-state index in [1.807, 2.05) is 0 Å². The molecule has 9 heteroatoms. The number of amides is 2. The Morgan fingerprint density at radius 2 is 1.61 bits per heavy atom. The van der Waals surface area contributed by atoms with Crippen LogP contribution in [0.5, 0.6) is 5.75 Å². The topological polar surface area (TPSA) is 100 Å². The van der Waals surface area contributed by atoms with E-state index in [0.29, 0.717) is 13.2 Å². The molecular formula is C37H59NO7Si. The average Bonchev–Trinajstić information content (AvgIpc) is 3.44. The van der Waals surface area contributed by atoms with E-state index in [1.54, 1.807) is 0 Å². The molecule has 46 heavy (non-hydrogen) atoms. The summed E-state index contributed by atoms with van der Waals surface area (Å²) in [6.07, 6.45) is 7.67. The van der Waals surface area contributed by atoms with Gasteiger partial charge in [0.05, 0.1) is 19.6 Å². The standard InChI is InChI=1S/C37H59NO7Si/c1-35(2,3)46(8,9)45-28-20-18-19-27(23-28)32-33(37(6,7)26-43-32)36(4,5)25-42-22-17-15-13-11-10-12-14-16-21-31(40)44-29-24-30(39)38-34(29)41/h18-20,23,29H,10-17,21-22,24-26H2,1-9H3,(H,38,39,41). The molecule has 0 spiro atoms. The van der Waals surface area contributed by atoms with E-state index in [-0.39, 0.29) is 28.7 Å². The van der Waals surface area contributed by atoms with E-state index in [9.17, 15) is 14.4 Å². The van der Waals surface area contributed by atoms with Crippen LogP contribution in [0.25, 0.3) is 5.76 Å². The van der Waals surface area contributed by atoms with Crippen molar-refractivity contribution in [3.8, 4) is 5.75 Å². The van der Waals surface area contributed by atoms with Gasteiger partial charge in [-0.3, -0.25) is 19.7 Å². The van der Waals surface area contributed by atoms with Crippen molar-refractivity contribution in [3.63, 3.8) is 0 Å². The number of benzene rings is 1. The molecule has 1 aromatic rings. The van der Waals surface area contributed by atoms with Gasteiger partial charge in [0.15, 0.2) is 6.10 Å². The second-order valence-electron chi connectivity index (χ2n) is 15.9. The summed E-state index contributed by atoms with van der Waals surface area (Å²) in [5, 5.41) is 2.28. The van der Waals surface area contributed by atoms with Crippen LogP contribution in [0.4, 0.5) is 0 Å². The Balaban J connectivity index is 1.37. The molecule has 1 saturated heterocycles. The number of unbranched alkanes of at least 4 members (excludes halogenated alkanes) is 7. The van der Waals surface area contributed by atoms with E-state index in [4.69, 9.17) is 18.6 Å². The zero-order valence-corrected chi connectivity index (χ0v) is 30.9. The predicted molar refractivity (Wildman–Crippen MR) is 185 cm³/mol. The number of ether oxygens (including phenoxy) is 3. The molecule has 2 amide bonds. The lowest BCUT2D eigenvalue weighted by molar-refractivity contribution is -0.154. The minimum Gasteiger partial charge on any atom is -0.543 e. The van der Waals surface area contributed by atoms with Gasteiger partial charge in [0.2, 0.25) is 14.2 Å². The van der Waals surface area contributed by atoms with Crippen LogP contribution >= 0.6 is 0 Å². The Kier molecular flexibility index (Phi) is 13.1. The zero-order valence-electron chi connectivity index (χ0n) is 29.9. The monoisotopic (exact) mass is 657 g/mol. The third kappa shape index (κ3) is 10.7. The first-order valence-corrected chi connectivity index (χ1v) is 20.1. The van der Waals surface area contributed by atoms with Crippen LogP contribution in [-0.2, 0) is 28.6 Å². The molecule has 1 N–H and O–H groups in total. The Bertz CT molecular complexity index is 1240. The molecule has 0 radical (unpaired) electrons. The highest BCUT2D eigenvalue weighted by molar-refractivity contribution is 6.74. The van der Waals surface area contributed by atoms with E-state index < -0.39 is 32.2 Å². The Labute approximate surface area is 278 Å². The van der Waals surface area contributed by atoms with Gasteiger partial charge in [0.25, 0.3) is 5.91 Å². The highest BCUT2D eigenvalue weighted by atomic mass is 28.4. The molecule has 1 fully saturated rings. The number of carbonyl (C=O) groups is 3. The fourth-order valence-corrected chi connectivity index (χ4v) is 7.10. The minimum atomic E-state index is -1.96. The number of nitrogens with one attached hydrogen (secondary N) is 1. The highest BCUT2D eigenvalue weighted by Crippen LogP contribution is 2.50. The van der Waals surface area contributed by atoms with Crippen molar-refractivity contribution >= 4 is 31.9 Å². The maximum atomic E-state index is 11.9. The quantitative estimate of drug-likeness (QED) is 0.0733. The number of imide groups is 1. The third-order valence-electron chi connectivity index (χ3n) is 9.52. The van der Waals surface area contributed by atoms with Gasteiger partial charge in [-0.1, -0.05) is 99.1 Å². The molecule has 2 heterocycles. The minimum absolute atomic E-state index is 0.0668. The normalized spacial score (nSPS) is 18.5. The van der Waals surface area contributed by atoms with Crippen LogP contribution in [0.1, 0.15) is 118 Å². The van der Waals surface area contributed by atoms with Crippen molar-refractivity contribution in [1.29, 1.82) is 0 Å². The maximum Gasteiger partial charge on any atom is 0.306 e. The first-order valence-electron chi connectivity index (χ1n) is 17.2. The molecule has 0 aromatic heterocycles. The number of hydrogen-bond donors (Lipinski definition) is 1. The fourth-order valence-electron chi connectivity index (χ4n) is 6.08. The number of hydrogen-bond acceptors (Lipinski definition) is 7. The number of esters is 1. The number of rotatable bonds is 18. The van der Waals surface area contributed by atoms with E-state index in [0.717, 1.165) is 62.2 Å². The van der Waals surface area contributed by atoms with Crippen LogP contribution in [0, 0.1) is 10.8 Å². The van der Waals surface area contributed by atoms with Crippen LogP contribution < -0.4 is 9.74 Å². The van der Waals surface area contributed by atoms with Gasteiger partial charge in [-0.2, -0.15) is 0 Å². The second kappa shape index (κ2) is 16.0. The summed E-state index contributed by atoms with van der Waals surface area (Å²) in [6, 6.07) is 8.40. The largest absolute Gasteiger partial charge is 0.543 e. The molecule has 258 valence electrons. The molecule has 3 rings (SSSR count). The van der Waals surface area contributed by atoms with Crippen LogP contribution in [0.15, 0.2) is 29.8 Å². The summed E-state index contributed by atoms with van der Waals surface area (Å²) < 4.78 is 24.4. The van der Waals surface area contributed by atoms with Gasteiger partial charge in [0.1, 0.15) is 11.5 Å². The van der Waals surface area contributed by atoms with Crippen molar-refractivity contribution in [3.05, 3.63) is 35.4 Å². The van der Waals surface area contributed by atoms with Gasteiger partial charge >= 0.3 is 5.97 Å². The van der Waals surface area contributed by atoms with Gasteiger partial charge in [-0.15, -0.1) is 0 Å². The summed E-state index contributed by atoms with van der Waals surface area (Å²) in [5.41, 5.74) is 2.10. The smallest absolute Gasteiger partial charge is 0.306 e. The molecule has 2 aliphatic heterocycles. The first kappa shape index (κ1) is 37.8. The van der Waals surface area contributed by atoms with Crippen molar-refractivity contribution in [2.75, 3.05) is 19.8 Å². The number of carbonyl (C=O) groups excluding carboxylic acids is 3. The van der Waals surface area contributed by atoms with E-state index in [1.165, 1.54) is 18.4 Å². The Morgan fingerprint density at radius 3 is 2.22 bits per heavy atom. The fraction of sp³-hybridized carbons (Fsp3) is 0.703. The van der Waals surface area contributed by atoms with Crippen LogP contribution in [0.3, 0.4) is 0 Å². The van der Waals surface area contributed by atoms with Crippen molar-refractivity contribution in [1.82, 2.24) is 5.32 Å². The summed E-state index contributed by atoms with van der Waals surface area (Å²) in [7, 11) is -1.96. The second-order valence-corrected chi connectivity index (χ2v) is 20.6. The first-order chi connectivity index (χ1) is 21.4. The highest BCUT2D eigenvalue weighted by Gasteiger charge is 2.44. The molecular weight excluding hydrogens is 598 g/mol. The lowest BCUT2D eigenvalue weighted by atomic mass is 9.70. The van der Waals surface area contributed by atoms with Crippen LogP contribution in [-0.4, -0.2) is 52.0 Å². The van der Waals surface area contributed by atoms with Crippen LogP contribution in [0.2, 0.25) is 18.1 Å². The molecule has 1 unspecified atom stereocenters. The predicted octanol–water partition coefficient (Wildman–Crippen LogP) is 8.35. The molecule has 8 nitrogen and oxygen atoms in total. The Hall–Kier alpha value is -2.65.